The molecule has 7 nitrogen and oxygen atoms in total. The van der Waals surface area contributed by atoms with E-state index in [1.165, 1.54) is 6.42 Å². The molecule has 2 atom stereocenters. The number of nitrogens with one attached hydrogen (secondary N) is 1. The van der Waals surface area contributed by atoms with Gasteiger partial charge in [0.25, 0.3) is 0 Å². The van der Waals surface area contributed by atoms with Crippen LogP contribution in [0.3, 0.4) is 0 Å². The van der Waals surface area contributed by atoms with Crippen molar-refractivity contribution in [2.24, 2.45) is 17.3 Å². The molecule has 25 heavy (non-hydrogen) atoms. The fourth-order valence-electron chi connectivity index (χ4n) is 5.85. The van der Waals surface area contributed by atoms with Gasteiger partial charge in [-0.3, -0.25) is 4.79 Å². The van der Waals surface area contributed by atoms with E-state index >= 15 is 0 Å². The van der Waals surface area contributed by atoms with Crippen molar-refractivity contribution in [3.63, 3.8) is 0 Å². The van der Waals surface area contributed by atoms with Crippen LogP contribution < -0.4 is 5.32 Å². The van der Waals surface area contributed by atoms with Gasteiger partial charge < -0.3 is 5.32 Å². The third kappa shape index (κ3) is 2.88. The van der Waals surface area contributed by atoms with E-state index in [4.69, 9.17) is 0 Å². The van der Waals surface area contributed by atoms with Gasteiger partial charge in [0.15, 0.2) is 9.84 Å². The first-order valence-electron chi connectivity index (χ1n) is 9.20. The van der Waals surface area contributed by atoms with Crippen LogP contribution in [-0.2, 0) is 20.2 Å². The molecule has 1 N–H and O–H groups in total. The molecule has 1 aromatic rings. The minimum atomic E-state index is -3.06. The van der Waals surface area contributed by atoms with Gasteiger partial charge in [-0.05, 0) is 50.4 Å². The van der Waals surface area contributed by atoms with Gasteiger partial charge in [0.1, 0.15) is 12.7 Å². The standard InChI is InChI=1S/C17H26N4O3S/c1-2-25(23,24)4-3-19-15(22)16-6-13-5-14(7-16)9-17(8-13,10-16)21-12-18-11-20-21/h11-14H,2-10H2,1H3,(H,19,22). The van der Waals surface area contributed by atoms with E-state index in [1.807, 2.05) is 4.68 Å². The van der Waals surface area contributed by atoms with Crippen LogP contribution in [0.25, 0.3) is 0 Å². The zero-order valence-electron chi connectivity index (χ0n) is 14.6. The molecule has 0 aliphatic heterocycles. The van der Waals surface area contributed by atoms with Crippen LogP contribution in [0.2, 0.25) is 0 Å². The maximum absolute atomic E-state index is 13.0. The summed E-state index contributed by atoms with van der Waals surface area (Å²) in [6.45, 7) is 1.85. The normalized spacial score (nSPS) is 36.5. The van der Waals surface area contributed by atoms with Gasteiger partial charge >= 0.3 is 0 Å². The third-order valence-electron chi connectivity index (χ3n) is 6.56. The Morgan fingerprint density at radius 1 is 1.28 bits per heavy atom. The van der Waals surface area contributed by atoms with Crippen molar-refractivity contribution in [1.29, 1.82) is 0 Å². The van der Waals surface area contributed by atoms with Gasteiger partial charge in [-0.25, -0.2) is 18.1 Å². The van der Waals surface area contributed by atoms with E-state index < -0.39 is 9.84 Å². The fourth-order valence-corrected chi connectivity index (χ4v) is 6.55. The second kappa shape index (κ2) is 5.79. The average Bonchev–Trinajstić information content (AvgIpc) is 3.08. The van der Waals surface area contributed by atoms with Crippen LogP contribution in [-0.4, -0.2) is 47.1 Å². The Kier molecular flexibility index (Phi) is 3.94. The van der Waals surface area contributed by atoms with Gasteiger partial charge in [-0.1, -0.05) is 6.92 Å². The highest BCUT2D eigenvalue weighted by Crippen LogP contribution is 2.64. The van der Waals surface area contributed by atoms with E-state index in [-0.39, 0.29) is 34.9 Å². The SMILES string of the molecule is CCS(=O)(=O)CCNC(=O)C12CC3CC(C1)CC(n1cncn1)(C3)C2. The Morgan fingerprint density at radius 2 is 2.00 bits per heavy atom. The van der Waals surface area contributed by atoms with E-state index in [2.05, 4.69) is 15.4 Å². The van der Waals surface area contributed by atoms with Gasteiger partial charge in [0.05, 0.1) is 16.7 Å². The Hall–Kier alpha value is -1.44. The molecule has 0 saturated heterocycles. The van der Waals surface area contributed by atoms with Gasteiger partial charge in [0, 0.05) is 12.3 Å². The van der Waals surface area contributed by atoms with Crippen molar-refractivity contribution in [2.45, 2.75) is 51.0 Å². The fraction of sp³-hybridized carbons (Fsp3) is 0.824. The highest BCUT2D eigenvalue weighted by atomic mass is 32.2. The summed E-state index contributed by atoms with van der Waals surface area (Å²) in [5.74, 6) is 1.28. The molecule has 4 aliphatic carbocycles. The number of amides is 1. The van der Waals surface area contributed by atoms with Crippen molar-refractivity contribution in [2.75, 3.05) is 18.1 Å². The molecule has 4 saturated carbocycles. The quantitative estimate of drug-likeness (QED) is 0.814. The molecule has 0 aromatic carbocycles. The largest absolute Gasteiger partial charge is 0.355 e. The molecule has 1 aromatic heterocycles. The molecule has 5 rings (SSSR count). The predicted molar refractivity (Wildman–Crippen MR) is 92.4 cm³/mol. The maximum Gasteiger partial charge on any atom is 0.226 e. The topological polar surface area (TPSA) is 94.0 Å². The summed E-state index contributed by atoms with van der Waals surface area (Å²) in [6.07, 6.45) is 9.35. The minimum Gasteiger partial charge on any atom is -0.355 e. The molecule has 4 bridgehead atoms. The lowest BCUT2D eigenvalue weighted by Gasteiger charge is -2.60. The molecule has 2 unspecified atom stereocenters. The number of hydrogen-bond donors (Lipinski definition) is 1. The highest BCUT2D eigenvalue weighted by Gasteiger charge is 2.61. The molecule has 4 fully saturated rings. The smallest absolute Gasteiger partial charge is 0.226 e. The molecule has 1 heterocycles. The first-order valence-corrected chi connectivity index (χ1v) is 11.0. The van der Waals surface area contributed by atoms with E-state index in [0.29, 0.717) is 11.8 Å². The first kappa shape index (κ1) is 17.0. The number of aromatic nitrogens is 3. The van der Waals surface area contributed by atoms with Crippen LogP contribution >= 0.6 is 0 Å². The minimum absolute atomic E-state index is 0.0202. The van der Waals surface area contributed by atoms with E-state index in [9.17, 15) is 13.2 Å². The third-order valence-corrected chi connectivity index (χ3v) is 8.26. The number of nitrogens with zero attached hydrogens (tertiary/aromatic N) is 3. The second-order valence-corrected chi connectivity index (χ2v) is 10.8. The van der Waals surface area contributed by atoms with Gasteiger partial charge in [-0.2, -0.15) is 5.10 Å². The van der Waals surface area contributed by atoms with Crippen molar-refractivity contribution in [3.05, 3.63) is 12.7 Å². The Morgan fingerprint density at radius 3 is 2.60 bits per heavy atom. The number of rotatable bonds is 6. The zero-order chi connectivity index (χ0) is 17.7. The van der Waals surface area contributed by atoms with Crippen molar-refractivity contribution in [1.82, 2.24) is 20.1 Å². The molecule has 0 radical (unpaired) electrons. The lowest BCUT2D eigenvalue weighted by molar-refractivity contribution is -0.155. The molecule has 138 valence electrons. The average molecular weight is 366 g/mol. The highest BCUT2D eigenvalue weighted by molar-refractivity contribution is 7.91. The molecule has 4 aliphatic rings. The van der Waals surface area contributed by atoms with Crippen LogP contribution in [0, 0.1) is 17.3 Å². The van der Waals surface area contributed by atoms with Crippen LogP contribution in [0.1, 0.15) is 45.4 Å². The number of hydrogen-bond acceptors (Lipinski definition) is 5. The Labute approximate surface area is 148 Å². The number of sulfone groups is 1. The number of carbonyl (C=O) groups excluding carboxylic acids is 1. The maximum atomic E-state index is 13.0. The summed E-state index contributed by atoms with van der Waals surface area (Å²) in [6, 6.07) is 0. The summed E-state index contributed by atoms with van der Waals surface area (Å²) in [4.78, 5) is 17.1. The lowest BCUT2D eigenvalue weighted by Crippen LogP contribution is -2.61. The second-order valence-electron chi connectivity index (χ2n) is 8.30. The predicted octanol–water partition coefficient (Wildman–Crippen LogP) is 1.12. The van der Waals surface area contributed by atoms with Crippen molar-refractivity contribution >= 4 is 15.7 Å². The van der Waals surface area contributed by atoms with Gasteiger partial charge in [0.2, 0.25) is 5.91 Å². The number of carbonyl (C=O) groups is 1. The molecule has 8 heteroatoms. The molecular formula is C17H26N4O3S. The zero-order valence-corrected chi connectivity index (χ0v) is 15.5. The molecular weight excluding hydrogens is 340 g/mol. The van der Waals surface area contributed by atoms with E-state index in [1.54, 1.807) is 19.6 Å². The molecule has 0 spiro atoms. The summed E-state index contributed by atoms with van der Waals surface area (Å²) in [5, 5.41) is 7.33. The summed E-state index contributed by atoms with van der Waals surface area (Å²) >= 11 is 0. The Bertz CT molecular complexity index is 745. The Balaban J connectivity index is 1.52. The van der Waals surface area contributed by atoms with Crippen LogP contribution in [0.15, 0.2) is 12.7 Å². The van der Waals surface area contributed by atoms with Gasteiger partial charge in [-0.15, -0.1) is 0 Å². The monoisotopic (exact) mass is 366 g/mol. The lowest BCUT2D eigenvalue weighted by atomic mass is 9.46. The summed E-state index contributed by atoms with van der Waals surface area (Å²) in [5.41, 5.74) is -0.459. The summed E-state index contributed by atoms with van der Waals surface area (Å²) in [7, 11) is -3.06. The molecule has 1 amide bonds. The first-order chi connectivity index (χ1) is 11.9. The van der Waals surface area contributed by atoms with Crippen LogP contribution in [0.4, 0.5) is 0 Å². The van der Waals surface area contributed by atoms with Crippen molar-refractivity contribution in [3.8, 4) is 0 Å². The van der Waals surface area contributed by atoms with E-state index in [0.717, 1.165) is 32.1 Å². The van der Waals surface area contributed by atoms with Crippen molar-refractivity contribution < 1.29 is 13.2 Å². The van der Waals surface area contributed by atoms with Crippen LogP contribution in [0.5, 0.6) is 0 Å². The summed E-state index contributed by atoms with van der Waals surface area (Å²) < 4.78 is 25.3.